The van der Waals surface area contributed by atoms with Gasteiger partial charge in [0.25, 0.3) is 0 Å². The van der Waals surface area contributed by atoms with Crippen molar-refractivity contribution in [1.29, 1.82) is 0 Å². The van der Waals surface area contributed by atoms with Crippen LogP contribution in [0.5, 0.6) is 17.2 Å². The third-order valence-corrected chi connectivity index (χ3v) is 9.42. The van der Waals surface area contributed by atoms with Gasteiger partial charge in [0.05, 0.1) is 13.1 Å². The average Bonchev–Trinajstić information content (AvgIpc) is 3.21. The molecule has 0 aromatic heterocycles. The van der Waals surface area contributed by atoms with Gasteiger partial charge in [-0.05, 0) is 17.7 Å². The molecule has 8 nitrogen and oxygen atoms in total. The van der Waals surface area contributed by atoms with Crippen molar-refractivity contribution >= 4 is 11.9 Å². The molecule has 0 radical (unpaired) electrons. The highest BCUT2D eigenvalue weighted by molar-refractivity contribution is 5.72. The second-order valence-corrected chi connectivity index (χ2v) is 15.2. The Morgan fingerprint density at radius 3 is 0.734 bits per heavy atom. The number of halogens is 39. The molecule has 0 unspecified atom stereocenters. The molecule has 0 spiro atoms. The molecule has 79 heavy (non-hydrogen) atoms. The molecule has 0 saturated heterocycles. The van der Waals surface area contributed by atoms with Crippen molar-refractivity contribution < 1.29 is 205 Å². The summed E-state index contributed by atoms with van der Waals surface area (Å²) in [5.41, 5.74) is -1.92. The minimum absolute atomic E-state index is 0.305. The van der Waals surface area contributed by atoms with Gasteiger partial charge in [0.1, 0.15) is 0 Å². The predicted octanol–water partition coefficient (Wildman–Crippen LogP) is 13.0. The fourth-order valence-electron chi connectivity index (χ4n) is 5.07. The zero-order chi connectivity index (χ0) is 63.8. The second-order valence-electron chi connectivity index (χ2n) is 15.2. The van der Waals surface area contributed by atoms with E-state index in [-0.39, 0.29) is 4.90 Å². The first-order chi connectivity index (χ1) is 34.1. The maximum Gasteiger partial charge on any atom is 0.460 e. The molecule has 0 heterocycles. The lowest BCUT2D eigenvalue weighted by Crippen LogP contribution is -2.70. The Labute approximate surface area is 404 Å². The minimum Gasteiger partial charge on any atom is -0.483 e. The largest absolute Gasteiger partial charge is 0.483 e. The van der Waals surface area contributed by atoms with E-state index in [0.29, 0.717) is 0 Å². The second kappa shape index (κ2) is 20.6. The van der Waals surface area contributed by atoms with Gasteiger partial charge in [-0.3, -0.25) is 14.5 Å². The first-order valence-corrected chi connectivity index (χ1v) is 18.2. The Morgan fingerprint density at radius 2 is 0.532 bits per heavy atom. The molecule has 1 aromatic carbocycles. The van der Waals surface area contributed by atoms with E-state index < -0.39 is 194 Å². The molecular formula is C32H16F39NO7. The van der Waals surface area contributed by atoms with Crippen LogP contribution in [0.2, 0.25) is 0 Å². The van der Waals surface area contributed by atoms with E-state index in [0.717, 1.165) is 0 Å². The van der Waals surface area contributed by atoms with E-state index in [1.54, 1.807) is 0 Å². The molecule has 0 amide bonds. The van der Waals surface area contributed by atoms with Crippen molar-refractivity contribution in [3.05, 3.63) is 17.7 Å². The molecule has 0 aliphatic carbocycles. The predicted molar refractivity (Wildman–Crippen MR) is 166 cm³/mol. The number of alkyl halides is 39. The number of carboxylic acid groups (broad SMARTS) is 2. The maximum absolute atomic E-state index is 14.8. The highest BCUT2D eigenvalue weighted by atomic mass is 19.5. The van der Waals surface area contributed by atoms with Gasteiger partial charge in [-0.25, -0.2) is 0 Å². The topological polar surface area (TPSA) is 106 Å². The van der Waals surface area contributed by atoms with Crippen LogP contribution in [0.15, 0.2) is 12.1 Å². The summed E-state index contributed by atoms with van der Waals surface area (Å²) < 4.78 is 547. The van der Waals surface area contributed by atoms with E-state index in [9.17, 15) is 181 Å². The van der Waals surface area contributed by atoms with Crippen molar-refractivity contribution in [3.63, 3.8) is 0 Å². The molecule has 1 rings (SSSR count). The highest BCUT2D eigenvalue weighted by Gasteiger charge is 2.93. The van der Waals surface area contributed by atoms with Crippen molar-refractivity contribution in [2.45, 2.75) is 114 Å². The van der Waals surface area contributed by atoms with Crippen LogP contribution in [-0.2, 0) is 16.1 Å². The van der Waals surface area contributed by atoms with E-state index in [1.165, 1.54) is 0 Å². The summed E-state index contributed by atoms with van der Waals surface area (Å²) in [6, 6.07) is -1.83. The van der Waals surface area contributed by atoms with Gasteiger partial charge in [-0.2, -0.15) is 171 Å². The molecule has 0 bridgehead atoms. The van der Waals surface area contributed by atoms with Gasteiger partial charge >= 0.3 is 119 Å². The SMILES string of the molecule is O=C(O)CN(CC(=O)O)Cc1cc(OCC(F)(F)C(F)(F)C(F)(F)C(F)(F)C(F)(F)C(F)(F)F)c(OCC(F)(F)C(F)(F)C(F)(F)C(F)(F)C(F)(F)C(F)(F)F)c(OCC(F)(F)C(F)(F)C(F)(F)C(F)(F)C(F)(F)C(F)(F)F)c1. The van der Waals surface area contributed by atoms with Crippen molar-refractivity contribution in [2.75, 3.05) is 32.9 Å². The van der Waals surface area contributed by atoms with Crippen LogP contribution in [-0.4, -0.2) is 167 Å². The molecule has 0 atom stereocenters. The number of nitrogens with zero attached hydrogens (tertiary/aromatic N) is 1. The molecule has 1 aromatic rings. The first-order valence-electron chi connectivity index (χ1n) is 18.2. The molecule has 0 aliphatic heterocycles. The third kappa shape index (κ3) is 11.8. The molecular weight excluding hydrogens is 1250 g/mol. The van der Waals surface area contributed by atoms with Crippen LogP contribution in [0.4, 0.5) is 171 Å². The summed E-state index contributed by atoms with van der Waals surface area (Å²) in [6.07, 6.45) is -24.5. The van der Waals surface area contributed by atoms with Gasteiger partial charge < -0.3 is 24.4 Å². The monoisotopic (exact) mass is 1270 g/mol. The summed E-state index contributed by atoms with van der Waals surface area (Å²) in [5.74, 6) is -143. The Kier molecular flexibility index (Phi) is 18.8. The van der Waals surface area contributed by atoms with E-state index in [2.05, 4.69) is 14.2 Å². The maximum atomic E-state index is 14.8. The minimum atomic E-state index is -8.97. The van der Waals surface area contributed by atoms with Crippen molar-refractivity contribution in [2.24, 2.45) is 0 Å². The van der Waals surface area contributed by atoms with E-state index in [4.69, 9.17) is 10.2 Å². The number of rotatable bonds is 27. The van der Waals surface area contributed by atoms with Crippen LogP contribution in [0.25, 0.3) is 0 Å². The van der Waals surface area contributed by atoms with Crippen LogP contribution >= 0.6 is 0 Å². The number of carbonyl (C=O) groups is 2. The average molecular weight is 1270 g/mol. The third-order valence-electron chi connectivity index (χ3n) is 9.42. The summed E-state index contributed by atoms with van der Waals surface area (Å²) >= 11 is 0. The number of benzene rings is 1. The van der Waals surface area contributed by atoms with Gasteiger partial charge in [-0.1, -0.05) is 0 Å². The van der Waals surface area contributed by atoms with Crippen LogP contribution in [0.3, 0.4) is 0 Å². The fraction of sp³-hybridized carbons (Fsp3) is 0.750. The first kappa shape index (κ1) is 71.8. The zero-order valence-corrected chi connectivity index (χ0v) is 35.5. The van der Waals surface area contributed by atoms with Gasteiger partial charge in [0.2, 0.25) is 5.75 Å². The standard InChI is InChI=1S/C32H16F39NO7/c33-15(34,18(39,40)21(45,46)24(51,52)27(57,58)30(63,64)65)6-77-10-1-9(3-72(4-12(73)74)5-13(75)76)2-11(78-7-16(35,36)19(41,42)22(47,48)25(53,54)28(59,60)31(66,67)68)14(10)79-8-17(37,38)20(43,44)23(49,50)26(55,56)29(61,62)32(69,70)71/h1-2H,3-8H2,(H,73,74)(H,75,76). The lowest BCUT2D eigenvalue weighted by atomic mass is 9.94. The lowest BCUT2D eigenvalue weighted by molar-refractivity contribution is -0.441. The Hall–Kier alpha value is -5.21. The molecule has 47 heteroatoms. The Balaban J connectivity index is 4.62. The molecule has 0 aliphatic rings. The van der Waals surface area contributed by atoms with E-state index >= 15 is 0 Å². The Bertz CT molecular complexity index is 2220. The van der Waals surface area contributed by atoms with Crippen molar-refractivity contribution in [1.82, 2.24) is 4.90 Å². The van der Waals surface area contributed by atoms with E-state index in [1.807, 2.05) is 0 Å². The molecule has 0 fully saturated rings. The smallest absolute Gasteiger partial charge is 0.460 e. The zero-order valence-electron chi connectivity index (χ0n) is 35.5. The van der Waals surface area contributed by atoms with Gasteiger partial charge in [-0.15, -0.1) is 0 Å². The molecule has 0 saturated carbocycles. The van der Waals surface area contributed by atoms with Crippen LogP contribution in [0.1, 0.15) is 5.56 Å². The van der Waals surface area contributed by atoms with Crippen LogP contribution in [0, 0.1) is 0 Å². The summed E-state index contributed by atoms with van der Waals surface area (Å²) in [6.45, 7) is -19.4. The number of aliphatic carboxylic acids is 2. The Morgan fingerprint density at radius 1 is 0.329 bits per heavy atom. The number of hydrogen-bond donors (Lipinski definition) is 2. The quantitative estimate of drug-likeness (QED) is 0.0840. The number of carboxylic acids is 2. The number of hydrogen-bond acceptors (Lipinski definition) is 6. The fourth-order valence-corrected chi connectivity index (χ4v) is 5.07. The van der Waals surface area contributed by atoms with Crippen molar-refractivity contribution in [3.8, 4) is 17.2 Å². The van der Waals surface area contributed by atoms with Crippen LogP contribution < -0.4 is 14.2 Å². The molecule has 464 valence electrons. The normalized spacial score (nSPS) is 15.6. The summed E-state index contributed by atoms with van der Waals surface area (Å²) in [7, 11) is 0. The highest BCUT2D eigenvalue weighted by Crippen LogP contribution is 2.64. The number of ether oxygens (including phenoxy) is 3. The van der Waals surface area contributed by atoms with Gasteiger partial charge in [0, 0.05) is 6.54 Å². The van der Waals surface area contributed by atoms with Gasteiger partial charge in [0.15, 0.2) is 31.3 Å². The summed E-state index contributed by atoms with van der Waals surface area (Å²) in [4.78, 5) is 22.1. The molecule has 2 N–H and O–H groups in total. The summed E-state index contributed by atoms with van der Waals surface area (Å²) in [5, 5.41) is 18.0. The lowest BCUT2D eigenvalue weighted by Gasteiger charge is -2.40.